The van der Waals surface area contributed by atoms with E-state index in [4.69, 9.17) is 9.47 Å². The molecule has 4 bridgehead atoms. The van der Waals surface area contributed by atoms with Gasteiger partial charge in [0.15, 0.2) is 0 Å². The molecule has 1 unspecified atom stereocenters. The van der Waals surface area contributed by atoms with Crippen LogP contribution in [0.3, 0.4) is 0 Å². The van der Waals surface area contributed by atoms with Gasteiger partial charge in [-0.2, -0.15) is 0 Å². The second-order valence-electron chi connectivity index (χ2n) is 13.7. The summed E-state index contributed by atoms with van der Waals surface area (Å²) in [6.07, 6.45) is 10.00. The maximum Gasteiger partial charge on any atom is 0.328 e. The third kappa shape index (κ3) is 3.45. The molecule has 6 saturated carbocycles. The summed E-state index contributed by atoms with van der Waals surface area (Å²) in [6, 6.07) is 2.54. The zero-order valence-corrected chi connectivity index (χ0v) is 21.7. The highest BCUT2D eigenvalue weighted by molar-refractivity contribution is 5.98. The van der Waals surface area contributed by atoms with Crippen molar-refractivity contribution in [1.29, 1.82) is 0 Å². The summed E-state index contributed by atoms with van der Waals surface area (Å²) >= 11 is 0. The summed E-state index contributed by atoms with van der Waals surface area (Å²) in [5.41, 5.74) is 1.27. The zero-order chi connectivity index (χ0) is 25.0. The number of methoxy groups -OCH3 is 1. The van der Waals surface area contributed by atoms with Crippen molar-refractivity contribution in [1.82, 2.24) is 4.90 Å². The Morgan fingerprint density at radius 2 is 1.69 bits per heavy atom. The molecule has 5 nitrogen and oxygen atoms in total. The van der Waals surface area contributed by atoms with Gasteiger partial charge in [0.05, 0.1) is 19.3 Å². The van der Waals surface area contributed by atoms with Crippen LogP contribution >= 0.6 is 0 Å². The summed E-state index contributed by atoms with van der Waals surface area (Å²) < 4.78 is 27.0. The number of rotatable bonds is 6. The van der Waals surface area contributed by atoms with E-state index in [2.05, 4.69) is 13.8 Å². The molecule has 1 aromatic rings. The minimum atomic E-state index is -0.640. The molecule has 1 aliphatic heterocycles. The molecule has 7 fully saturated rings. The van der Waals surface area contributed by atoms with Crippen LogP contribution in [0.25, 0.3) is 0 Å². The smallest absolute Gasteiger partial charge is 0.328 e. The maximum atomic E-state index is 15.5. The number of benzene rings is 1. The van der Waals surface area contributed by atoms with Crippen LogP contribution in [0.2, 0.25) is 0 Å². The largest absolute Gasteiger partial charge is 0.493 e. The quantitative estimate of drug-likeness (QED) is 0.485. The van der Waals surface area contributed by atoms with Crippen molar-refractivity contribution in [3.05, 3.63) is 29.1 Å². The first-order chi connectivity index (χ1) is 17.2. The van der Waals surface area contributed by atoms with E-state index in [0.29, 0.717) is 24.8 Å². The number of piperidine rings is 1. The highest BCUT2D eigenvalue weighted by atomic mass is 19.1. The average molecular weight is 496 g/mol. The highest BCUT2D eigenvalue weighted by Gasteiger charge is 2.69. The van der Waals surface area contributed by atoms with Gasteiger partial charge in [0.2, 0.25) is 0 Å². The third-order valence-electron chi connectivity index (χ3n) is 11.0. The number of nitrogens with zero attached hydrogens (tertiary/aromatic N) is 1. The van der Waals surface area contributed by atoms with Gasteiger partial charge in [0.25, 0.3) is 5.91 Å². The fourth-order valence-corrected chi connectivity index (χ4v) is 9.31. The number of amides is 1. The molecule has 8 rings (SSSR count). The number of fused-ring (bicyclic) bond motifs is 1. The summed E-state index contributed by atoms with van der Waals surface area (Å²) in [7, 11) is 1.36. The van der Waals surface area contributed by atoms with Crippen LogP contribution in [0.15, 0.2) is 12.1 Å². The first kappa shape index (κ1) is 23.0. The Hall–Kier alpha value is -2.11. The molecule has 0 aromatic heterocycles. The van der Waals surface area contributed by atoms with Gasteiger partial charge in [-0.25, -0.2) is 9.18 Å². The highest BCUT2D eigenvalue weighted by Crippen LogP contribution is 2.65. The van der Waals surface area contributed by atoms with Crippen LogP contribution in [0.1, 0.15) is 87.1 Å². The van der Waals surface area contributed by atoms with Gasteiger partial charge in [-0.05, 0) is 98.0 Å². The van der Waals surface area contributed by atoms with Gasteiger partial charge in [-0.3, -0.25) is 4.79 Å². The minimum absolute atomic E-state index is 0.00229. The van der Waals surface area contributed by atoms with E-state index in [-0.39, 0.29) is 28.2 Å². The average Bonchev–Trinajstić information content (AvgIpc) is 3.70. The summed E-state index contributed by atoms with van der Waals surface area (Å²) in [4.78, 5) is 27.8. The van der Waals surface area contributed by atoms with Gasteiger partial charge in [0, 0.05) is 23.9 Å². The molecule has 36 heavy (non-hydrogen) atoms. The molecule has 0 N–H and O–H groups in total. The van der Waals surface area contributed by atoms with Crippen molar-refractivity contribution in [2.45, 2.75) is 77.2 Å². The van der Waals surface area contributed by atoms with Crippen LogP contribution in [0.5, 0.6) is 5.75 Å². The lowest BCUT2D eigenvalue weighted by Gasteiger charge is -2.56. The van der Waals surface area contributed by atoms with Gasteiger partial charge in [-0.1, -0.05) is 13.8 Å². The molecule has 0 spiro atoms. The van der Waals surface area contributed by atoms with Crippen molar-refractivity contribution >= 4 is 11.9 Å². The van der Waals surface area contributed by atoms with Gasteiger partial charge >= 0.3 is 5.97 Å². The van der Waals surface area contributed by atoms with Crippen molar-refractivity contribution < 1.29 is 23.5 Å². The minimum Gasteiger partial charge on any atom is -0.493 e. The molecule has 6 heteroatoms. The number of likely N-dealkylation sites (tertiary alicyclic amines) is 1. The Morgan fingerprint density at radius 1 is 1.06 bits per heavy atom. The summed E-state index contributed by atoms with van der Waals surface area (Å²) in [6.45, 7) is 5.39. The van der Waals surface area contributed by atoms with Crippen LogP contribution in [0.4, 0.5) is 4.39 Å². The zero-order valence-electron chi connectivity index (χ0n) is 21.7. The van der Waals surface area contributed by atoms with Crippen molar-refractivity contribution in [3.8, 4) is 5.75 Å². The Morgan fingerprint density at radius 3 is 2.28 bits per heavy atom. The van der Waals surface area contributed by atoms with E-state index in [1.807, 2.05) is 0 Å². The van der Waals surface area contributed by atoms with Crippen LogP contribution in [0, 0.1) is 46.2 Å². The Kier molecular flexibility index (Phi) is 4.93. The standard InChI is InChI=1S/C30H38FNO4/c1-29(2)22-14-32(26(25(22)29)28(34)35-3)27(33)21-9-20(19-4-5-19)24(10-23(21)31)36-15-30-11-16-6-17(12-30)8-18(7-16)13-30/h9-10,16-19,22,25-26H,4-8,11-15H2,1-3H3/t16?,17?,18?,22?,25-,26-,30?/m0/s1. The SMILES string of the molecule is COC(=O)[C@@H]1[C@@H]2C(CN1C(=O)c1cc(C3CC3)c(OCC34CC5CC(CC(C5)C3)C4)cc1F)C2(C)C. The summed E-state index contributed by atoms with van der Waals surface area (Å²) in [5.74, 6) is 2.45. The fraction of sp³-hybridized carbons (Fsp3) is 0.733. The topological polar surface area (TPSA) is 55.8 Å². The van der Waals surface area contributed by atoms with Crippen LogP contribution in [-0.4, -0.2) is 43.1 Å². The Bertz CT molecular complexity index is 1090. The second-order valence-corrected chi connectivity index (χ2v) is 13.7. The predicted octanol–water partition coefficient (Wildman–Crippen LogP) is 5.57. The number of ether oxygens (including phenoxy) is 2. The molecule has 1 aromatic carbocycles. The van der Waals surface area contributed by atoms with E-state index in [9.17, 15) is 9.59 Å². The van der Waals surface area contributed by atoms with E-state index in [0.717, 1.165) is 36.2 Å². The molecule has 1 saturated heterocycles. The van der Waals surface area contributed by atoms with E-state index >= 15 is 4.39 Å². The lowest BCUT2D eigenvalue weighted by atomic mass is 9.50. The molecule has 0 radical (unpaired) electrons. The molecule has 194 valence electrons. The van der Waals surface area contributed by atoms with E-state index in [1.54, 1.807) is 11.0 Å². The normalized spacial score (nSPS) is 39.2. The third-order valence-corrected chi connectivity index (χ3v) is 11.0. The maximum absolute atomic E-state index is 15.5. The number of hydrogen-bond donors (Lipinski definition) is 0. The number of carbonyl (C=O) groups excluding carboxylic acids is 2. The molecule has 1 heterocycles. The molecule has 6 aliphatic carbocycles. The molecule has 7 aliphatic rings. The second kappa shape index (κ2) is 7.70. The molecule has 1 amide bonds. The predicted molar refractivity (Wildman–Crippen MR) is 132 cm³/mol. The van der Waals surface area contributed by atoms with Gasteiger partial charge in [-0.15, -0.1) is 0 Å². The van der Waals surface area contributed by atoms with Crippen LogP contribution in [-0.2, 0) is 9.53 Å². The number of esters is 1. The Labute approximate surface area is 213 Å². The lowest BCUT2D eigenvalue weighted by molar-refractivity contribution is -0.146. The van der Waals surface area contributed by atoms with E-state index < -0.39 is 23.7 Å². The molecular weight excluding hydrogens is 457 g/mol. The number of hydrogen-bond acceptors (Lipinski definition) is 4. The van der Waals surface area contributed by atoms with Crippen molar-refractivity contribution in [3.63, 3.8) is 0 Å². The number of halogens is 1. The Balaban J connectivity index is 1.14. The number of carbonyl (C=O) groups is 2. The fourth-order valence-electron chi connectivity index (χ4n) is 9.31. The monoisotopic (exact) mass is 495 g/mol. The van der Waals surface area contributed by atoms with Gasteiger partial charge < -0.3 is 14.4 Å². The molecule has 3 atom stereocenters. The molecular formula is C30H38FNO4. The summed E-state index contributed by atoms with van der Waals surface area (Å²) in [5, 5.41) is 0. The first-order valence-electron chi connectivity index (χ1n) is 14.0. The lowest BCUT2D eigenvalue weighted by Crippen LogP contribution is -2.48. The van der Waals surface area contributed by atoms with Crippen molar-refractivity contribution in [2.75, 3.05) is 20.3 Å². The van der Waals surface area contributed by atoms with Crippen LogP contribution < -0.4 is 4.74 Å². The van der Waals surface area contributed by atoms with Gasteiger partial charge in [0.1, 0.15) is 17.6 Å². The van der Waals surface area contributed by atoms with Crippen molar-refractivity contribution in [2.24, 2.45) is 40.4 Å². The van der Waals surface area contributed by atoms with E-state index in [1.165, 1.54) is 51.7 Å². The first-order valence-corrected chi connectivity index (χ1v) is 14.0.